The van der Waals surface area contributed by atoms with Gasteiger partial charge >= 0.3 is 5.97 Å². The molecule has 0 radical (unpaired) electrons. The van der Waals surface area contributed by atoms with Gasteiger partial charge in [0.2, 0.25) is 10.0 Å². The minimum Gasteiger partial charge on any atom is -0.452 e. The summed E-state index contributed by atoms with van der Waals surface area (Å²) in [5, 5.41) is 8.48. The van der Waals surface area contributed by atoms with E-state index in [1.54, 1.807) is 0 Å². The van der Waals surface area contributed by atoms with Gasteiger partial charge in [0.25, 0.3) is 5.91 Å². The van der Waals surface area contributed by atoms with E-state index in [-0.39, 0.29) is 16.3 Å². The largest absolute Gasteiger partial charge is 0.452 e. The second-order valence-electron chi connectivity index (χ2n) is 3.26. The molecule has 0 aliphatic carbocycles. The predicted molar refractivity (Wildman–Crippen MR) is 67.8 cm³/mol. The molecular weight excluding hydrogens is 292 g/mol. The molecule has 0 fully saturated rings. The van der Waals surface area contributed by atoms with Crippen LogP contribution in [0, 0.1) is 12.3 Å². The van der Waals surface area contributed by atoms with E-state index >= 15 is 0 Å². The molecule has 0 bridgehead atoms. The van der Waals surface area contributed by atoms with Crippen LogP contribution < -0.4 is 10.5 Å². The molecule has 0 spiro atoms. The van der Waals surface area contributed by atoms with Gasteiger partial charge in [-0.05, 0) is 6.07 Å². The molecule has 3 N–H and O–H groups in total. The fraction of sp³-hybridized carbons (Fsp3) is 0.200. The van der Waals surface area contributed by atoms with Crippen molar-refractivity contribution in [2.45, 2.75) is 4.21 Å². The molecular formula is C10H10N2O5S2. The lowest BCUT2D eigenvalue weighted by Gasteiger charge is -2.02. The predicted octanol–water partition coefficient (Wildman–Crippen LogP) is -0.698. The fourth-order valence-electron chi connectivity index (χ4n) is 0.988. The van der Waals surface area contributed by atoms with Crippen LogP contribution in [0.25, 0.3) is 0 Å². The Morgan fingerprint density at radius 3 is 2.74 bits per heavy atom. The fourth-order valence-corrected chi connectivity index (χ4v) is 2.56. The summed E-state index contributed by atoms with van der Waals surface area (Å²) in [6.07, 6.45) is 4.93. The number of ether oxygens (including phenoxy) is 1. The average molecular weight is 302 g/mol. The molecule has 0 aromatic carbocycles. The maximum atomic E-state index is 11.5. The zero-order valence-electron chi connectivity index (χ0n) is 9.58. The molecule has 0 aliphatic rings. The number of sulfonamides is 1. The van der Waals surface area contributed by atoms with E-state index in [1.807, 2.05) is 0 Å². The van der Waals surface area contributed by atoms with Gasteiger partial charge in [0.05, 0.1) is 12.1 Å². The number of terminal acetylenes is 1. The first-order chi connectivity index (χ1) is 8.84. The quantitative estimate of drug-likeness (QED) is 0.551. The highest BCUT2D eigenvalue weighted by atomic mass is 32.2. The van der Waals surface area contributed by atoms with Crippen molar-refractivity contribution in [3.63, 3.8) is 0 Å². The zero-order chi connectivity index (χ0) is 14.5. The van der Waals surface area contributed by atoms with E-state index in [4.69, 9.17) is 11.6 Å². The molecule has 1 amide bonds. The normalized spacial score (nSPS) is 10.5. The van der Waals surface area contributed by atoms with Gasteiger partial charge in [-0.25, -0.2) is 18.4 Å². The van der Waals surface area contributed by atoms with E-state index < -0.39 is 28.5 Å². The molecule has 1 heterocycles. The molecule has 0 atom stereocenters. The molecule has 0 saturated carbocycles. The Labute approximate surface area is 113 Å². The first kappa shape index (κ1) is 15.2. The minimum atomic E-state index is -3.85. The average Bonchev–Trinajstić information content (AvgIpc) is 2.82. The Balaban J connectivity index is 2.58. The summed E-state index contributed by atoms with van der Waals surface area (Å²) in [5.41, 5.74) is 0.0128. The second-order valence-corrected chi connectivity index (χ2v) is 5.96. The molecule has 1 rings (SSSR count). The van der Waals surface area contributed by atoms with Crippen molar-refractivity contribution in [3.05, 3.63) is 17.0 Å². The maximum Gasteiger partial charge on any atom is 0.339 e. The summed E-state index contributed by atoms with van der Waals surface area (Å²) in [6, 6.07) is 1.08. The SMILES string of the molecule is C#CCNC(=O)COC(=O)c1csc(S(N)(=O)=O)c1. The Bertz CT molecular complexity index is 627. The van der Waals surface area contributed by atoms with Crippen LogP contribution in [-0.4, -0.2) is 33.4 Å². The number of hydrogen-bond acceptors (Lipinski definition) is 6. The third-order valence-corrected chi connectivity index (χ3v) is 4.20. The van der Waals surface area contributed by atoms with Crippen LogP contribution in [0.3, 0.4) is 0 Å². The third kappa shape index (κ3) is 4.70. The van der Waals surface area contributed by atoms with Crippen LogP contribution in [0.4, 0.5) is 0 Å². The van der Waals surface area contributed by atoms with Gasteiger partial charge in [0, 0.05) is 5.38 Å². The van der Waals surface area contributed by atoms with Crippen molar-refractivity contribution in [3.8, 4) is 12.3 Å². The highest BCUT2D eigenvalue weighted by Gasteiger charge is 2.16. The lowest BCUT2D eigenvalue weighted by molar-refractivity contribution is -0.123. The Hall–Kier alpha value is -1.89. The topological polar surface area (TPSA) is 116 Å². The van der Waals surface area contributed by atoms with Crippen molar-refractivity contribution in [2.75, 3.05) is 13.2 Å². The summed E-state index contributed by atoms with van der Waals surface area (Å²) < 4.78 is 26.5. The van der Waals surface area contributed by atoms with Crippen LogP contribution in [0.5, 0.6) is 0 Å². The molecule has 7 nitrogen and oxygen atoms in total. The number of hydrogen-bond donors (Lipinski definition) is 2. The zero-order valence-corrected chi connectivity index (χ0v) is 11.2. The van der Waals surface area contributed by atoms with Gasteiger partial charge in [-0.1, -0.05) is 5.92 Å². The van der Waals surface area contributed by atoms with Gasteiger partial charge in [-0.15, -0.1) is 17.8 Å². The summed E-state index contributed by atoms with van der Waals surface area (Å²) in [6.45, 7) is -0.467. The number of amides is 1. The van der Waals surface area contributed by atoms with Crippen LogP contribution >= 0.6 is 11.3 Å². The Kier molecular flexibility index (Phi) is 5.05. The van der Waals surface area contributed by atoms with Crippen LogP contribution in [-0.2, 0) is 19.6 Å². The second kappa shape index (κ2) is 6.33. The standard InChI is InChI=1S/C10H10N2O5S2/c1-2-3-12-8(13)5-17-10(14)7-4-9(18-6-7)19(11,15)16/h1,4,6H,3,5H2,(H,12,13)(H2,11,15,16). The van der Waals surface area contributed by atoms with Gasteiger partial charge in [-0.2, -0.15) is 0 Å². The molecule has 1 aromatic rings. The molecule has 9 heteroatoms. The molecule has 0 saturated heterocycles. The molecule has 1 aromatic heterocycles. The number of nitrogens with two attached hydrogens (primary N) is 1. The van der Waals surface area contributed by atoms with E-state index in [1.165, 1.54) is 5.38 Å². The lowest BCUT2D eigenvalue weighted by Crippen LogP contribution is -2.28. The summed E-state index contributed by atoms with van der Waals surface area (Å²) in [7, 11) is -3.85. The number of thiophene rings is 1. The summed E-state index contributed by atoms with van der Waals surface area (Å²) >= 11 is 0.792. The van der Waals surface area contributed by atoms with Gasteiger partial charge < -0.3 is 10.1 Å². The molecule has 102 valence electrons. The van der Waals surface area contributed by atoms with Gasteiger partial charge in [0.1, 0.15) is 4.21 Å². The first-order valence-corrected chi connectivity index (χ1v) is 7.26. The monoisotopic (exact) mass is 302 g/mol. The van der Waals surface area contributed by atoms with E-state index in [0.29, 0.717) is 0 Å². The van der Waals surface area contributed by atoms with Crippen molar-refractivity contribution in [1.29, 1.82) is 0 Å². The van der Waals surface area contributed by atoms with E-state index in [2.05, 4.69) is 16.0 Å². The number of primary sulfonamides is 1. The lowest BCUT2D eigenvalue weighted by atomic mass is 10.3. The van der Waals surface area contributed by atoms with E-state index in [9.17, 15) is 18.0 Å². The number of carbonyl (C=O) groups is 2. The summed E-state index contributed by atoms with van der Waals surface area (Å²) in [4.78, 5) is 22.6. The summed E-state index contributed by atoms with van der Waals surface area (Å²) in [5.74, 6) is 0.821. The van der Waals surface area contributed by atoms with Crippen LogP contribution in [0.1, 0.15) is 10.4 Å². The van der Waals surface area contributed by atoms with Crippen LogP contribution in [0.15, 0.2) is 15.7 Å². The van der Waals surface area contributed by atoms with Gasteiger partial charge in [-0.3, -0.25) is 4.79 Å². The van der Waals surface area contributed by atoms with Crippen molar-refractivity contribution >= 4 is 33.2 Å². The Morgan fingerprint density at radius 1 is 1.53 bits per heavy atom. The smallest absolute Gasteiger partial charge is 0.339 e. The molecule has 0 unspecified atom stereocenters. The van der Waals surface area contributed by atoms with E-state index in [0.717, 1.165) is 17.4 Å². The number of nitrogens with one attached hydrogen (secondary N) is 1. The Morgan fingerprint density at radius 2 is 2.21 bits per heavy atom. The van der Waals surface area contributed by atoms with Crippen molar-refractivity contribution < 1.29 is 22.7 Å². The van der Waals surface area contributed by atoms with Crippen LogP contribution in [0.2, 0.25) is 0 Å². The minimum absolute atomic E-state index is 0.0128. The van der Waals surface area contributed by atoms with Crippen molar-refractivity contribution in [2.24, 2.45) is 5.14 Å². The van der Waals surface area contributed by atoms with Crippen molar-refractivity contribution in [1.82, 2.24) is 5.32 Å². The number of esters is 1. The molecule has 19 heavy (non-hydrogen) atoms. The number of rotatable bonds is 5. The maximum absolute atomic E-state index is 11.5. The third-order valence-electron chi connectivity index (χ3n) is 1.81. The molecule has 0 aliphatic heterocycles. The number of carbonyl (C=O) groups excluding carboxylic acids is 2. The highest BCUT2D eigenvalue weighted by Crippen LogP contribution is 2.19. The van der Waals surface area contributed by atoms with Gasteiger partial charge in [0.15, 0.2) is 6.61 Å². The highest BCUT2D eigenvalue weighted by molar-refractivity contribution is 7.91. The first-order valence-electron chi connectivity index (χ1n) is 4.83.